The Morgan fingerprint density at radius 3 is 2.68 bits per heavy atom. The number of carbonyl (C=O) groups is 2. The van der Waals surface area contributed by atoms with E-state index in [1.807, 2.05) is 19.1 Å². The van der Waals surface area contributed by atoms with Crippen molar-refractivity contribution in [2.75, 3.05) is 13.1 Å². The highest BCUT2D eigenvalue weighted by Gasteiger charge is 2.40. The quantitative estimate of drug-likeness (QED) is 0.860. The van der Waals surface area contributed by atoms with Gasteiger partial charge in [-0.1, -0.05) is 15.9 Å². The number of nitrogens with zero attached hydrogens (tertiary/aromatic N) is 1. The molecule has 5 heteroatoms. The molecule has 0 saturated carbocycles. The van der Waals surface area contributed by atoms with Crippen molar-refractivity contribution in [3.8, 4) is 0 Å². The average molecular weight is 325 g/mol. The zero-order chi connectivity index (χ0) is 14.2. The number of halogens is 1. The molecule has 0 spiro atoms. The summed E-state index contributed by atoms with van der Waals surface area (Å²) in [5.74, 6) is -0.219. The Morgan fingerprint density at radius 1 is 1.37 bits per heavy atom. The Hall–Kier alpha value is -1.36. The average Bonchev–Trinajstić information content (AvgIpc) is 2.30. The minimum absolute atomic E-state index is 0.107. The van der Waals surface area contributed by atoms with Crippen LogP contribution in [0.25, 0.3) is 0 Å². The number of benzene rings is 1. The van der Waals surface area contributed by atoms with Crippen LogP contribution in [-0.2, 0) is 4.79 Å². The van der Waals surface area contributed by atoms with E-state index in [-0.39, 0.29) is 11.8 Å². The number of aryl methyl sites for hydroxylation is 1. The lowest BCUT2D eigenvalue weighted by atomic mass is 9.97. The summed E-state index contributed by atoms with van der Waals surface area (Å²) in [4.78, 5) is 26.1. The molecule has 0 unspecified atom stereocenters. The zero-order valence-corrected chi connectivity index (χ0v) is 12.9. The Labute approximate surface area is 121 Å². The second-order valence-corrected chi connectivity index (χ2v) is 6.20. The molecule has 1 fully saturated rings. The minimum atomic E-state index is -0.814. The summed E-state index contributed by atoms with van der Waals surface area (Å²) in [6.07, 6.45) is 0. The van der Waals surface area contributed by atoms with Gasteiger partial charge in [0.1, 0.15) is 5.54 Å². The molecule has 1 aromatic carbocycles. The lowest BCUT2D eigenvalue weighted by Gasteiger charge is -2.41. The summed E-state index contributed by atoms with van der Waals surface area (Å²) < 4.78 is 0.870. The maximum Gasteiger partial charge on any atom is 0.254 e. The van der Waals surface area contributed by atoms with Crippen molar-refractivity contribution in [3.05, 3.63) is 33.8 Å². The smallest absolute Gasteiger partial charge is 0.254 e. The van der Waals surface area contributed by atoms with E-state index in [1.165, 1.54) is 0 Å². The standard InChI is InChI=1S/C14H17BrN2O2/c1-9-6-10(8-11(15)7-9)12(18)17-5-4-16-13(19)14(17,2)3/h6-8H,4-5H2,1-3H3,(H,16,19). The van der Waals surface area contributed by atoms with Gasteiger partial charge in [-0.3, -0.25) is 9.59 Å². The van der Waals surface area contributed by atoms with E-state index in [0.29, 0.717) is 18.7 Å². The van der Waals surface area contributed by atoms with Gasteiger partial charge in [0.15, 0.2) is 0 Å². The second kappa shape index (κ2) is 4.96. The van der Waals surface area contributed by atoms with Crippen LogP contribution in [0.1, 0.15) is 29.8 Å². The number of amides is 2. The van der Waals surface area contributed by atoms with Gasteiger partial charge in [0.25, 0.3) is 5.91 Å². The molecule has 19 heavy (non-hydrogen) atoms. The monoisotopic (exact) mass is 324 g/mol. The molecule has 1 saturated heterocycles. The molecule has 2 rings (SSSR count). The van der Waals surface area contributed by atoms with Gasteiger partial charge in [-0.15, -0.1) is 0 Å². The fraction of sp³-hybridized carbons (Fsp3) is 0.429. The highest BCUT2D eigenvalue weighted by atomic mass is 79.9. The third-order valence-electron chi connectivity index (χ3n) is 3.39. The van der Waals surface area contributed by atoms with Gasteiger partial charge >= 0.3 is 0 Å². The van der Waals surface area contributed by atoms with Crippen molar-refractivity contribution in [1.82, 2.24) is 10.2 Å². The van der Waals surface area contributed by atoms with Crippen LogP contribution in [0.15, 0.2) is 22.7 Å². The van der Waals surface area contributed by atoms with Crippen LogP contribution in [-0.4, -0.2) is 35.3 Å². The van der Waals surface area contributed by atoms with E-state index in [4.69, 9.17) is 0 Å². The van der Waals surface area contributed by atoms with Crippen LogP contribution in [0.4, 0.5) is 0 Å². The molecule has 4 nitrogen and oxygen atoms in total. The van der Waals surface area contributed by atoms with Crippen molar-refractivity contribution in [2.24, 2.45) is 0 Å². The topological polar surface area (TPSA) is 49.4 Å². The summed E-state index contributed by atoms with van der Waals surface area (Å²) >= 11 is 3.40. The third-order valence-corrected chi connectivity index (χ3v) is 3.84. The molecule has 0 atom stereocenters. The fourth-order valence-electron chi connectivity index (χ4n) is 2.27. The van der Waals surface area contributed by atoms with Crippen molar-refractivity contribution in [3.63, 3.8) is 0 Å². The minimum Gasteiger partial charge on any atom is -0.352 e. The molecule has 1 aliphatic heterocycles. The normalized spacial score (nSPS) is 18.1. The van der Waals surface area contributed by atoms with Crippen molar-refractivity contribution < 1.29 is 9.59 Å². The van der Waals surface area contributed by atoms with Gasteiger partial charge in [-0.05, 0) is 44.5 Å². The summed E-state index contributed by atoms with van der Waals surface area (Å²) in [6.45, 7) is 6.51. The predicted molar refractivity (Wildman–Crippen MR) is 77.0 cm³/mol. The Balaban J connectivity index is 2.35. The molecule has 0 aliphatic carbocycles. The first-order valence-corrected chi connectivity index (χ1v) is 6.99. The Kier molecular flexibility index (Phi) is 3.67. The molecule has 2 amide bonds. The second-order valence-electron chi connectivity index (χ2n) is 5.29. The lowest BCUT2D eigenvalue weighted by molar-refractivity contribution is -0.133. The van der Waals surface area contributed by atoms with E-state index in [2.05, 4.69) is 21.2 Å². The van der Waals surface area contributed by atoms with Crippen LogP contribution < -0.4 is 5.32 Å². The third kappa shape index (κ3) is 2.66. The van der Waals surface area contributed by atoms with Gasteiger partial charge in [0, 0.05) is 23.1 Å². The fourth-order valence-corrected chi connectivity index (χ4v) is 2.88. The van der Waals surface area contributed by atoms with Crippen LogP contribution in [0, 0.1) is 6.92 Å². The highest BCUT2D eigenvalue weighted by molar-refractivity contribution is 9.10. The summed E-state index contributed by atoms with van der Waals surface area (Å²) in [6, 6.07) is 5.58. The molecular weight excluding hydrogens is 308 g/mol. The van der Waals surface area contributed by atoms with E-state index in [1.54, 1.807) is 24.8 Å². The molecule has 102 valence electrons. The Morgan fingerprint density at radius 2 is 2.05 bits per heavy atom. The summed E-state index contributed by atoms with van der Waals surface area (Å²) in [7, 11) is 0. The molecule has 0 bridgehead atoms. The first-order chi connectivity index (χ1) is 8.82. The lowest BCUT2D eigenvalue weighted by Crippen LogP contribution is -2.63. The number of nitrogens with one attached hydrogen (secondary N) is 1. The van der Waals surface area contributed by atoms with Crippen molar-refractivity contribution in [1.29, 1.82) is 0 Å². The van der Waals surface area contributed by atoms with Crippen LogP contribution >= 0.6 is 15.9 Å². The first kappa shape index (κ1) is 14.1. The SMILES string of the molecule is Cc1cc(Br)cc(C(=O)N2CCNC(=O)C2(C)C)c1. The first-order valence-electron chi connectivity index (χ1n) is 6.20. The summed E-state index contributed by atoms with van der Waals surface area (Å²) in [5, 5.41) is 2.79. The van der Waals surface area contributed by atoms with Gasteiger partial charge in [0.2, 0.25) is 5.91 Å². The number of rotatable bonds is 1. The maximum atomic E-state index is 12.6. The van der Waals surface area contributed by atoms with Gasteiger partial charge < -0.3 is 10.2 Å². The van der Waals surface area contributed by atoms with Gasteiger partial charge in [-0.2, -0.15) is 0 Å². The largest absolute Gasteiger partial charge is 0.352 e. The predicted octanol–water partition coefficient (Wildman–Crippen LogP) is 2.11. The van der Waals surface area contributed by atoms with E-state index < -0.39 is 5.54 Å². The van der Waals surface area contributed by atoms with E-state index >= 15 is 0 Å². The molecule has 1 aromatic rings. The number of hydrogen-bond acceptors (Lipinski definition) is 2. The number of piperazine rings is 1. The molecule has 0 aromatic heterocycles. The molecular formula is C14H17BrN2O2. The molecule has 1 N–H and O–H groups in total. The molecule has 1 heterocycles. The van der Waals surface area contributed by atoms with E-state index in [0.717, 1.165) is 10.0 Å². The van der Waals surface area contributed by atoms with Crippen molar-refractivity contribution >= 4 is 27.7 Å². The summed E-state index contributed by atoms with van der Waals surface area (Å²) in [5.41, 5.74) is 0.803. The van der Waals surface area contributed by atoms with Crippen molar-refractivity contribution in [2.45, 2.75) is 26.3 Å². The van der Waals surface area contributed by atoms with Crippen LogP contribution in [0.2, 0.25) is 0 Å². The number of carbonyl (C=O) groups excluding carboxylic acids is 2. The molecule has 0 radical (unpaired) electrons. The van der Waals surface area contributed by atoms with Crippen LogP contribution in [0.3, 0.4) is 0 Å². The van der Waals surface area contributed by atoms with Gasteiger partial charge in [0.05, 0.1) is 0 Å². The van der Waals surface area contributed by atoms with E-state index in [9.17, 15) is 9.59 Å². The number of hydrogen-bond donors (Lipinski definition) is 1. The zero-order valence-electron chi connectivity index (χ0n) is 11.3. The maximum absolute atomic E-state index is 12.6. The van der Waals surface area contributed by atoms with Gasteiger partial charge in [-0.25, -0.2) is 0 Å². The van der Waals surface area contributed by atoms with Crippen LogP contribution in [0.5, 0.6) is 0 Å². The molecule has 1 aliphatic rings. The Bertz CT molecular complexity index is 520. The highest BCUT2D eigenvalue weighted by Crippen LogP contribution is 2.23.